The van der Waals surface area contributed by atoms with E-state index in [0.717, 1.165) is 6.42 Å². The Kier molecular flexibility index (Phi) is 6.19. The van der Waals surface area contributed by atoms with Crippen LogP contribution in [0.1, 0.15) is 29.3 Å². The summed E-state index contributed by atoms with van der Waals surface area (Å²) in [5.41, 5.74) is 0.492. The predicted molar refractivity (Wildman–Crippen MR) is 75.0 cm³/mol. The summed E-state index contributed by atoms with van der Waals surface area (Å²) in [7, 11) is 0. The number of rotatable bonds is 5. The van der Waals surface area contributed by atoms with Crippen molar-refractivity contribution in [2.24, 2.45) is 0 Å². The third kappa shape index (κ3) is 5.13. The molecule has 3 amide bonds. The third-order valence-corrected chi connectivity index (χ3v) is 2.58. The molecule has 1 aromatic rings. The van der Waals surface area contributed by atoms with Crippen molar-refractivity contribution in [1.29, 1.82) is 0 Å². The van der Waals surface area contributed by atoms with Gasteiger partial charge in [-0.15, -0.1) is 0 Å². The Morgan fingerprint density at radius 3 is 2.67 bits per heavy atom. The first-order chi connectivity index (χ1) is 9.95. The Bertz CT molecular complexity index is 542. The molecule has 0 aliphatic carbocycles. The molecule has 114 valence electrons. The van der Waals surface area contributed by atoms with Gasteiger partial charge >= 0.3 is 12.0 Å². The summed E-state index contributed by atoms with van der Waals surface area (Å²) in [4.78, 5) is 34.3. The second-order valence-electron chi connectivity index (χ2n) is 4.35. The summed E-state index contributed by atoms with van der Waals surface area (Å²) in [6, 6.07) is 3.97. The summed E-state index contributed by atoms with van der Waals surface area (Å²) >= 11 is 0. The van der Waals surface area contributed by atoms with Crippen LogP contribution in [0.2, 0.25) is 0 Å². The van der Waals surface area contributed by atoms with Gasteiger partial charge in [0, 0.05) is 6.54 Å². The zero-order valence-electron chi connectivity index (χ0n) is 11.9. The van der Waals surface area contributed by atoms with Crippen LogP contribution in [0.4, 0.5) is 4.79 Å². The van der Waals surface area contributed by atoms with Crippen molar-refractivity contribution in [2.75, 3.05) is 13.2 Å². The number of esters is 1. The minimum absolute atomic E-state index is 0.0294. The normalized spacial score (nSPS) is 9.81. The molecule has 1 aromatic carbocycles. The fourth-order valence-electron chi connectivity index (χ4n) is 1.48. The minimum Gasteiger partial charge on any atom is -0.507 e. The van der Waals surface area contributed by atoms with E-state index in [0.29, 0.717) is 12.1 Å². The zero-order valence-corrected chi connectivity index (χ0v) is 11.9. The minimum atomic E-state index is -0.833. The highest BCUT2D eigenvalue weighted by molar-refractivity contribution is 5.97. The van der Waals surface area contributed by atoms with E-state index in [-0.39, 0.29) is 11.3 Å². The van der Waals surface area contributed by atoms with Crippen molar-refractivity contribution in [3.63, 3.8) is 0 Å². The third-order valence-electron chi connectivity index (χ3n) is 2.58. The van der Waals surface area contributed by atoms with E-state index in [2.05, 4.69) is 5.32 Å². The molecular formula is C14H18N2O5. The quantitative estimate of drug-likeness (QED) is 0.705. The first kappa shape index (κ1) is 16.5. The molecule has 0 aliphatic heterocycles. The average Bonchev–Trinajstić information content (AvgIpc) is 2.45. The van der Waals surface area contributed by atoms with Crippen molar-refractivity contribution in [2.45, 2.75) is 20.3 Å². The highest BCUT2D eigenvalue weighted by Crippen LogP contribution is 2.21. The number of benzene rings is 1. The van der Waals surface area contributed by atoms with E-state index in [1.165, 1.54) is 6.07 Å². The number of carbonyl (C=O) groups is 3. The number of amides is 3. The molecule has 0 aliphatic rings. The van der Waals surface area contributed by atoms with Crippen LogP contribution in [-0.2, 0) is 9.53 Å². The highest BCUT2D eigenvalue weighted by Gasteiger charge is 2.16. The number of phenols is 1. The Balaban J connectivity index is 2.48. The fraction of sp³-hybridized carbons (Fsp3) is 0.357. The number of ether oxygens (including phenoxy) is 1. The molecular weight excluding hydrogens is 276 g/mol. The number of hydrogen-bond acceptors (Lipinski definition) is 5. The van der Waals surface area contributed by atoms with Gasteiger partial charge in [-0.3, -0.25) is 10.1 Å². The number of aromatic hydroxyl groups is 1. The molecule has 0 unspecified atom stereocenters. The monoisotopic (exact) mass is 294 g/mol. The van der Waals surface area contributed by atoms with Gasteiger partial charge in [0.15, 0.2) is 6.61 Å². The van der Waals surface area contributed by atoms with E-state index in [4.69, 9.17) is 4.74 Å². The van der Waals surface area contributed by atoms with Gasteiger partial charge in [0.1, 0.15) is 11.3 Å². The molecule has 1 rings (SSSR count). The molecule has 0 heterocycles. The molecule has 0 atom stereocenters. The van der Waals surface area contributed by atoms with Gasteiger partial charge in [-0.1, -0.05) is 19.1 Å². The Labute approximate surface area is 122 Å². The maximum Gasteiger partial charge on any atom is 0.342 e. The lowest BCUT2D eigenvalue weighted by Crippen LogP contribution is -2.41. The van der Waals surface area contributed by atoms with Crippen molar-refractivity contribution in [3.05, 3.63) is 29.3 Å². The van der Waals surface area contributed by atoms with Gasteiger partial charge in [-0.25, -0.2) is 9.59 Å². The van der Waals surface area contributed by atoms with Crippen LogP contribution in [0, 0.1) is 6.92 Å². The SMILES string of the molecule is CCCNC(=O)NC(=O)COC(=O)c1cccc(C)c1O. The number of nitrogens with one attached hydrogen (secondary N) is 2. The van der Waals surface area contributed by atoms with Gasteiger partial charge in [0.05, 0.1) is 0 Å². The van der Waals surface area contributed by atoms with Crippen LogP contribution >= 0.6 is 0 Å². The number of carbonyl (C=O) groups excluding carboxylic acids is 3. The number of aryl methyl sites for hydroxylation is 1. The lowest BCUT2D eigenvalue weighted by Gasteiger charge is -2.08. The molecule has 0 fully saturated rings. The average molecular weight is 294 g/mol. The van der Waals surface area contributed by atoms with E-state index in [1.54, 1.807) is 19.1 Å². The maximum atomic E-state index is 11.7. The van der Waals surface area contributed by atoms with E-state index in [9.17, 15) is 19.5 Å². The van der Waals surface area contributed by atoms with E-state index < -0.39 is 24.5 Å². The van der Waals surface area contributed by atoms with Crippen LogP contribution in [0.15, 0.2) is 18.2 Å². The summed E-state index contributed by atoms with van der Waals surface area (Å²) < 4.78 is 4.74. The number of urea groups is 1. The lowest BCUT2D eigenvalue weighted by molar-refractivity contribution is -0.123. The number of para-hydroxylation sites is 1. The van der Waals surface area contributed by atoms with E-state index >= 15 is 0 Å². The van der Waals surface area contributed by atoms with Crippen molar-refractivity contribution in [3.8, 4) is 5.75 Å². The van der Waals surface area contributed by atoms with Crippen LogP contribution in [0.25, 0.3) is 0 Å². The topological polar surface area (TPSA) is 105 Å². The van der Waals surface area contributed by atoms with Gasteiger partial charge in [0.2, 0.25) is 0 Å². The second-order valence-corrected chi connectivity index (χ2v) is 4.35. The van der Waals surface area contributed by atoms with Gasteiger partial charge < -0.3 is 15.2 Å². The van der Waals surface area contributed by atoms with Crippen LogP contribution in [-0.4, -0.2) is 36.2 Å². The van der Waals surface area contributed by atoms with Crippen LogP contribution in [0.5, 0.6) is 5.75 Å². The van der Waals surface area contributed by atoms with Crippen LogP contribution in [0.3, 0.4) is 0 Å². The smallest absolute Gasteiger partial charge is 0.342 e. The molecule has 21 heavy (non-hydrogen) atoms. The summed E-state index contributed by atoms with van der Waals surface area (Å²) in [6.45, 7) is 3.34. The predicted octanol–water partition coefficient (Wildman–Crippen LogP) is 1.09. The molecule has 0 spiro atoms. The molecule has 0 saturated heterocycles. The number of imide groups is 1. The molecule has 3 N–H and O–H groups in total. The Morgan fingerprint density at radius 2 is 2.00 bits per heavy atom. The van der Waals surface area contributed by atoms with Gasteiger partial charge in [0.25, 0.3) is 5.91 Å². The number of hydrogen-bond donors (Lipinski definition) is 3. The van der Waals surface area contributed by atoms with Crippen molar-refractivity contribution in [1.82, 2.24) is 10.6 Å². The fourth-order valence-corrected chi connectivity index (χ4v) is 1.48. The summed E-state index contributed by atoms with van der Waals surface area (Å²) in [6.07, 6.45) is 0.739. The molecule has 0 aromatic heterocycles. The van der Waals surface area contributed by atoms with Gasteiger partial charge in [-0.2, -0.15) is 0 Å². The largest absolute Gasteiger partial charge is 0.507 e. The zero-order chi connectivity index (χ0) is 15.8. The molecule has 0 bridgehead atoms. The maximum absolute atomic E-state index is 11.7. The first-order valence-corrected chi connectivity index (χ1v) is 6.49. The number of phenolic OH excluding ortho intramolecular Hbond substituents is 1. The lowest BCUT2D eigenvalue weighted by atomic mass is 10.1. The van der Waals surface area contributed by atoms with E-state index in [1.807, 2.05) is 12.2 Å². The Hall–Kier alpha value is -2.57. The molecule has 0 radical (unpaired) electrons. The molecule has 0 saturated carbocycles. The highest BCUT2D eigenvalue weighted by atomic mass is 16.5. The first-order valence-electron chi connectivity index (χ1n) is 6.49. The van der Waals surface area contributed by atoms with Crippen molar-refractivity contribution < 1.29 is 24.2 Å². The molecule has 7 heteroatoms. The van der Waals surface area contributed by atoms with Crippen molar-refractivity contribution >= 4 is 17.9 Å². The molecule has 7 nitrogen and oxygen atoms in total. The van der Waals surface area contributed by atoms with Gasteiger partial charge in [-0.05, 0) is 25.0 Å². The summed E-state index contributed by atoms with van der Waals surface area (Å²) in [5, 5.41) is 14.2. The van der Waals surface area contributed by atoms with Crippen LogP contribution < -0.4 is 10.6 Å². The summed E-state index contributed by atoms with van der Waals surface area (Å²) in [5.74, 6) is -1.77. The second kappa shape index (κ2) is 7.88. The standard InChI is InChI=1S/C14H18N2O5/c1-3-7-15-14(20)16-11(17)8-21-13(19)10-6-4-5-9(2)12(10)18/h4-6,18H,3,7-8H2,1-2H3,(H2,15,16,17,20). The Morgan fingerprint density at radius 1 is 1.29 bits per heavy atom.